The fourth-order valence-electron chi connectivity index (χ4n) is 0.980. The zero-order chi connectivity index (χ0) is 8.10. The summed E-state index contributed by atoms with van der Waals surface area (Å²) < 4.78 is 0. The second-order valence-corrected chi connectivity index (χ2v) is 4.08. The maximum Gasteiger partial charge on any atom is 0.142 e. The average Bonchev–Trinajstić information content (AvgIpc) is 2.07. The van der Waals surface area contributed by atoms with E-state index in [2.05, 4.69) is 19.4 Å². The maximum atomic E-state index is 4.99. The predicted octanol–water partition coefficient (Wildman–Crippen LogP) is 1.86. The van der Waals surface area contributed by atoms with Crippen molar-refractivity contribution in [3.8, 4) is 0 Å². The first-order valence-corrected chi connectivity index (χ1v) is 5.90. The lowest BCUT2D eigenvalue weighted by molar-refractivity contribution is 0.230. The predicted molar refractivity (Wildman–Crippen MR) is 52.8 cm³/mol. The number of hydrogen-bond acceptors (Lipinski definition) is 3. The summed E-state index contributed by atoms with van der Waals surface area (Å²) in [5.41, 5.74) is 0. The van der Waals surface area contributed by atoms with Crippen LogP contribution in [0.5, 0.6) is 0 Å². The lowest BCUT2D eigenvalue weighted by atomic mass is 10.0. The lowest BCUT2D eigenvalue weighted by Crippen LogP contribution is -2.05. The van der Waals surface area contributed by atoms with E-state index in [1.165, 1.54) is 0 Å². The molecule has 0 bridgehead atoms. The summed E-state index contributed by atoms with van der Waals surface area (Å²) in [4.78, 5) is 4.58. The van der Waals surface area contributed by atoms with Gasteiger partial charge in [0.1, 0.15) is 5.76 Å². The van der Waals surface area contributed by atoms with Gasteiger partial charge in [-0.15, -0.1) is 11.4 Å². The van der Waals surface area contributed by atoms with Crippen LogP contribution in [0.15, 0.2) is 24.0 Å². The lowest BCUT2D eigenvalue weighted by Gasteiger charge is -2.12. The van der Waals surface area contributed by atoms with E-state index in [9.17, 15) is 0 Å². The molecule has 2 unspecified atom stereocenters. The molecule has 0 fully saturated rings. The highest BCUT2D eigenvalue weighted by Gasteiger charge is 2.07. The normalized spacial score (nSPS) is 23.1. The van der Waals surface area contributed by atoms with Gasteiger partial charge in [0.15, 0.2) is 0 Å². The Balaban J connectivity index is 2.37. The zero-order valence-corrected chi connectivity index (χ0v) is 8.17. The first kappa shape index (κ1) is 9.11. The molecular formula is C7H12NOPS. The second kappa shape index (κ2) is 4.81. The quantitative estimate of drug-likeness (QED) is 0.543. The molecule has 1 aliphatic rings. The van der Waals surface area contributed by atoms with Gasteiger partial charge in [-0.2, -0.15) is 5.90 Å². The molecule has 2 N–H and O–H groups in total. The van der Waals surface area contributed by atoms with E-state index in [1.807, 2.05) is 12.2 Å². The van der Waals surface area contributed by atoms with Crippen molar-refractivity contribution in [2.75, 3.05) is 5.75 Å². The molecule has 62 valence electrons. The fraction of sp³-hybridized carbons (Fsp3) is 0.429. The van der Waals surface area contributed by atoms with Crippen LogP contribution in [0.25, 0.3) is 0 Å². The van der Waals surface area contributed by atoms with Crippen LogP contribution >= 0.6 is 19.8 Å². The number of hydrogen-bond donors (Lipinski definition) is 1. The van der Waals surface area contributed by atoms with Crippen molar-refractivity contribution >= 4 is 19.8 Å². The molecule has 0 saturated heterocycles. The van der Waals surface area contributed by atoms with Crippen LogP contribution in [0.2, 0.25) is 0 Å². The van der Waals surface area contributed by atoms with Crippen LogP contribution < -0.4 is 5.90 Å². The molecular weight excluding hydrogens is 177 g/mol. The molecule has 4 heteroatoms. The molecule has 11 heavy (non-hydrogen) atoms. The van der Waals surface area contributed by atoms with Crippen molar-refractivity contribution in [1.82, 2.24) is 0 Å². The van der Waals surface area contributed by atoms with Gasteiger partial charge in [-0.1, -0.05) is 14.5 Å². The van der Waals surface area contributed by atoms with Crippen molar-refractivity contribution in [3.05, 3.63) is 24.0 Å². The summed E-state index contributed by atoms with van der Waals surface area (Å²) >= 11 is 1.78. The van der Waals surface area contributed by atoms with Crippen LogP contribution in [0.3, 0.4) is 0 Å². The molecule has 0 radical (unpaired) electrons. The zero-order valence-electron chi connectivity index (χ0n) is 6.19. The SMILES string of the molecule is NOC1=CCC(CSP)C=C1. The van der Waals surface area contributed by atoms with Gasteiger partial charge in [-0.3, -0.25) is 0 Å². The number of rotatable bonds is 3. The summed E-state index contributed by atoms with van der Waals surface area (Å²) in [6, 6.07) is 0. The van der Waals surface area contributed by atoms with Crippen LogP contribution in [0.4, 0.5) is 0 Å². The molecule has 0 aromatic rings. The molecule has 1 aliphatic carbocycles. The molecule has 0 aromatic heterocycles. The monoisotopic (exact) mass is 189 g/mol. The summed E-state index contributed by atoms with van der Waals surface area (Å²) in [6.45, 7) is 0. The Morgan fingerprint density at radius 1 is 1.82 bits per heavy atom. The Morgan fingerprint density at radius 2 is 2.64 bits per heavy atom. The van der Waals surface area contributed by atoms with E-state index in [0.717, 1.165) is 17.9 Å². The highest BCUT2D eigenvalue weighted by Crippen LogP contribution is 2.23. The Kier molecular flexibility index (Phi) is 3.98. The summed E-state index contributed by atoms with van der Waals surface area (Å²) in [6.07, 6.45) is 7.12. The second-order valence-electron chi connectivity index (χ2n) is 2.41. The van der Waals surface area contributed by atoms with Crippen molar-refractivity contribution in [2.45, 2.75) is 6.42 Å². The largest absolute Gasteiger partial charge is 0.412 e. The minimum atomic E-state index is 0.636. The van der Waals surface area contributed by atoms with Crippen molar-refractivity contribution < 1.29 is 4.84 Å². The maximum absolute atomic E-state index is 4.99. The molecule has 2 atom stereocenters. The number of allylic oxidation sites excluding steroid dienone is 3. The summed E-state index contributed by atoms with van der Waals surface area (Å²) in [7, 11) is 2.65. The molecule has 0 aromatic carbocycles. The average molecular weight is 189 g/mol. The molecule has 1 rings (SSSR count). The first-order valence-electron chi connectivity index (χ1n) is 3.43. The third-order valence-corrected chi connectivity index (χ3v) is 2.80. The highest BCUT2D eigenvalue weighted by atomic mass is 32.7. The van der Waals surface area contributed by atoms with Gasteiger partial charge in [0.2, 0.25) is 0 Å². The van der Waals surface area contributed by atoms with Crippen molar-refractivity contribution in [1.29, 1.82) is 0 Å². The van der Waals surface area contributed by atoms with Gasteiger partial charge in [-0.05, 0) is 24.5 Å². The third kappa shape index (κ3) is 2.86. The van der Waals surface area contributed by atoms with E-state index in [-0.39, 0.29) is 0 Å². The highest BCUT2D eigenvalue weighted by molar-refractivity contribution is 8.43. The van der Waals surface area contributed by atoms with Crippen molar-refractivity contribution in [2.24, 2.45) is 11.8 Å². The Labute approximate surface area is 73.2 Å². The minimum absolute atomic E-state index is 0.636. The van der Waals surface area contributed by atoms with Gasteiger partial charge in [-0.25, -0.2) is 0 Å². The van der Waals surface area contributed by atoms with E-state index < -0.39 is 0 Å². The Morgan fingerprint density at radius 3 is 3.09 bits per heavy atom. The van der Waals surface area contributed by atoms with Crippen LogP contribution in [0.1, 0.15) is 6.42 Å². The van der Waals surface area contributed by atoms with Crippen LogP contribution in [0, 0.1) is 5.92 Å². The molecule has 0 saturated carbocycles. The van der Waals surface area contributed by atoms with E-state index in [0.29, 0.717) is 5.92 Å². The van der Waals surface area contributed by atoms with Gasteiger partial charge < -0.3 is 4.84 Å². The summed E-state index contributed by atoms with van der Waals surface area (Å²) in [5.74, 6) is 7.54. The topological polar surface area (TPSA) is 35.2 Å². The molecule has 0 aliphatic heterocycles. The van der Waals surface area contributed by atoms with Crippen LogP contribution in [-0.4, -0.2) is 5.75 Å². The third-order valence-electron chi connectivity index (χ3n) is 1.60. The fourth-order valence-corrected chi connectivity index (χ4v) is 2.22. The van der Waals surface area contributed by atoms with Gasteiger partial charge in [0, 0.05) is 5.75 Å². The van der Waals surface area contributed by atoms with E-state index in [1.54, 1.807) is 11.4 Å². The summed E-state index contributed by atoms with van der Waals surface area (Å²) in [5, 5.41) is 0. The molecule has 0 amide bonds. The smallest absolute Gasteiger partial charge is 0.142 e. The van der Waals surface area contributed by atoms with Gasteiger partial charge in [0.05, 0.1) is 0 Å². The van der Waals surface area contributed by atoms with Crippen molar-refractivity contribution in [3.63, 3.8) is 0 Å². The molecule has 0 heterocycles. The standard InChI is InChI=1S/C7H12NOPS/c8-9-7-3-1-6(2-4-7)5-11-10/h1,3-4,6H,2,5,8,10H2. The Hall–Kier alpha value is 0.0200. The number of nitrogens with two attached hydrogens (primary N) is 1. The molecule has 2 nitrogen and oxygen atoms in total. The van der Waals surface area contributed by atoms with Gasteiger partial charge >= 0.3 is 0 Å². The first-order chi connectivity index (χ1) is 5.36. The van der Waals surface area contributed by atoms with Crippen LogP contribution in [-0.2, 0) is 4.84 Å². The van der Waals surface area contributed by atoms with E-state index in [4.69, 9.17) is 5.90 Å². The molecule has 0 spiro atoms. The van der Waals surface area contributed by atoms with E-state index >= 15 is 0 Å². The Bertz CT molecular complexity index is 181. The minimum Gasteiger partial charge on any atom is -0.412 e. The van der Waals surface area contributed by atoms with Gasteiger partial charge in [0.25, 0.3) is 0 Å².